The molecule has 0 aliphatic carbocycles. The Balaban J connectivity index is 1.58. The van der Waals surface area contributed by atoms with Crippen molar-refractivity contribution >= 4 is 16.8 Å². The van der Waals surface area contributed by atoms with E-state index < -0.39 is 11.5 Å². The number of rotatable bonds is 2. The van der Waals surface area contributed by atoms with Crippen LogP contribution in [0.4, 0.5) is 0 Å². The number of amides is 1. The Morgan fingerprint density at radius 3 is 3.13 bits per heavy atom. The first-order chi connectivity index (χ1) is 11.2. The van der Waals surface area contributed by atoms with Crippen LogP contribution in [-0.4, -0.2) is 46.6 Å². The third kappa shape index (κ3) is 2.44. The van der Waals surface area contributed by atoms with Crippen molar-refractivity contribution in [3.05, 3.63) is 36.0 Å². The number of nitrogens with zero attached hydrogens (tertiary/aromatic N) is 1. The van der Waals surface area contributed by atoms with Gasteiger partial charge in [0.15, 0.2) is 0 Å². The van der Waals surface area contributed by atoms with E-state index in [0.29, 0.717) is 13.0 Å². The Morgan fingerprint density at radius 2 is 2.26 bits per heavy atom. The molecule has 23 heavy (non-hydrogen) atoms. The van der Waals surface area contributed by atoms with E-state index in [1.807, 2.05) is 6.20 Å². The fourth-order valence-corrected chi connectivity index (χ4v) is 4.19. The fraction of sp³-hybridized carbons (Fsp3) is 0.500. The van der Waals surface area contributed by atoms with Gasteiger partial charge in [0.1, 0.15) is 0 Å². The van der Waals surface area contributed by atoms with Crippen LogP contribution in [0.1, 0.15) is 24.8 Å². The smallest absolute Gasteiger partial charge is 0.230 e. The van der Waals surface area contributed by atoms with Gasteiger partial charge in [0, 0.05) is 43.3 Å². The summed E-state index contributed by atoms with van der Waals surface area (Å²) in [6.07, 6.45) is 3.83. The van der Waals surface area contributed by atoms with Crippen molar-refractivity contribution < 1.29 is 9.90 Å². The first-order valence-corrected chi connectivity index (χ1v) is 8.43. The van der Waals surface area contributed by atoms with Crippen LogP contribution >= 0.6 is 0 Å². The van der Waals surface area contributed by atoms with Gasteiger partial charge in [0.2, 0.25) is 5.91 Å². The molecule has 5 nitrogen and oxygen atoms in total. The number of hydrogen-bond donors (Lipinski definition) is 3. The summed E-state index contributed by atoms with van der Waals surface area (Å²) in [5, 5.41) is 14.7. The highest BCUT2D eigenvalue weighted by Crippen LogP contribution is 2.38. The van der Waals surface area contributed by atoms with Crippen molar-refractivity contribution in [1.82, 2.24) is 15.2 Å². The molecular weight excluding hydrogens is 290 g/mol. The lowest BCUT2D eigenvalue weighted by molar-refractivity contribution is -0.149. The number of H-pyrrole nitrogens is 1. The first-order valence-electron chi connectivity index (χ1n) is 8.43. The van der Waals surface area contributed by atoms with Crippen LogP contribution in [0.2, 0.25) is 0 Å². The zero-order valence-corrected chi connectivity index (χ0v) is 13.2. The molecule has 0 radical (unpaired) electrons. The number of benzene rings is 1. The number of likely N-dealkylation sites (tertiary alicyclic amines) is 1. The quantitative estimate of drug-likeness (QED) is 0.789. The van der Waals surface area contributed by atoms with Crippen LogP contribution in [0, 0.1) is 5.41 Å². The molecule has 2 atom stereocenters. The first kappa shape index (κ1) is 14.7. The highest BCUT2D eigenvalue weighted by atomic mass is 16.3. The Morgan fingerprint density at radius 1 is 1.35 bits per heavy atom. The molecule has 2 aromatic rings. The van der Waals surface area contributed by atoms with Gasteiger partial charge in [0.05, 0.1) is 11.5 Å². The molecule has 0 saturated carbocycles. The second-order valence-electron chi connectivity index (χ2n) is 6.89. The maximum Gasteiger partial charge on any atom is 0.230 e. The molecule has 2 saturated heterocycles. The Kier molecular flexibility index (Phi) is 3.62. The fourth-order valence-electron chi connectivity index (χ4n) is 4.19. The number of aliphatic hydroxyl groups is 1. The number of nitrogens with one attached hydrogen (secondary N) is 2. The van der Waals surface area contributed by atoms with Crippen LogP contribution in [-0.2, 0) is 11.3 Å². The molecule has 2 aliphatic rings. The summed E-state index contributed by atoms with van der Waals surface area (Å²) in [5.41, 5.74) is 1.79. The summed E-state index contributed by atoms with van der Waals surface area (Å²) in [4.78, 5) is 18.0. The molecule has 3 N–H and O–H groups in total. The second-order valence-corrected chi connectivity index (χ2v) is 6.89. The topological polar surface area (TPSA) is 68.4 Å². The Labute approximate surface area is 135 Å². The second kappa shape index (κ2) is 5.65. The number of aliphatic hydroxyl groups excluding tert-OH is 1. The maximum atomic E-state index is 12.4. The van der Waals surface area contributed by atoms with E-state index in [1.54, 1.807) is 0 Å². The average Bonchev–Trinajstić information content (AvgIpc) is 3.03. The lowest BCUT2D eigenvalue weighted by atomic mass is 9.71. The van der Waals surface area contributed by atoms with Crippen molar-refractivity contribution in [2.45, 2.75) is 31.9 Å². The summed E-state index contributed by atoms with van der Waals surface area (Å²) >= 11 is 0. The predicted octanol–water partition coefficient (Wildman–Crippen LogP) is 1.63. The normalized spacial score (nSPS) is 29.1. The molecule has 1 aromatic carbocycles. The van der Waals surface area contributed by atoms with E-state index in [4.69, 9.17) is 0 Å². The van der Waals surface area contributed by atoms with Gasteiger partial charge in [0.25, 0.3) is 0 Å². The molecule has 0 bridgehead atoms. The van der Waals surface area contributed by atoms with Gasteiger partial charge < -0.3 is 15.4 Å². The van der Waals surface area contributed by atoms with E-state index in [1.165, 1.54) is 10.9 Å². The van der Waals surface area contributed by atoms with Crippen molar-refractivity contribution in [1.29, 1.82) is 0 Å². The Bertz CT molecular complexity index is 726. The van der Waals surface area contributed by atoms with Gasteiger partial charge in [-0.25, -0.2) is 0 Å². The lowest BCUT2D eigenvalue weighted by Crippen LogP contribution is -2.61. The van der Waals surface area contributed by atoms with E-state index in [-0.39, 0.29) is 5.91 Å². The summed E-state index contributed by atoms with van der Waals surface area (Å²) in [7, 11) is 0. The van der Waals surface area contributed by atoms with Crippen LogP contribution in [0.5, 0.6) is 0 Å². The minimum Gasteiger partial charge on any atom is -0.392 e. The summed E-state index contributed by atoms with van der Waals surface area (Å²) in [6.45, 7) is 3.02. The number of aromatic amines is 1. The largest absolute Gasteiger partial charge is 0.392 e. The third-order valence-corrected chi connectivity index (χ3v) is 5.48. The average molecular weight is 313 g/mol. The predicted molar refractivity (Wildman–Crippen MR) is 88.9 cm³/mol. The molecule has 3 heterocycles. The molecule has 122 valence electrons. The van der Waals surface area contributed by atoms with Gasteiger partial charge in [-0.3, -0.25) is 9.69 Å². The monoisotopic (exact) mass is 313 g/mol. The maximum absolute atomic E-state index is 12.4. The molecule has 5 heteroatoms. The SMILES string of the molecule is O=C1NCCC[C@]12CN(Cc1cccc3[nH]ccc13)CC[C@@H]2O. The molecular formula is C18H23N3O2. The van der Waals surface area contributed by atoms with E-state index in [9.17, 15) is 9.90 Å². The van der Waals surface area contributed by atoms with Crippen LogP contribution in [0.3, 0.4) is 0 Å². The molecule has 0 unspecified atom stereocenters. The molecule has 2 aliphatic heterocycles. The molecule has 1 aromatic heterocycles. The van der Waals surface area contributed by atoms with Crippen molar-refractivity contribution in [2.24, 2.45) is 5.41 Å². The number of aromatic nitrogens is 1. The molecule has 2 fully saturated rings. The standard InChI is InChI=1S/C18H23N3O2/c22-16-6-10-21(12-18(16)7-2-8-20-17(18)23)11-13-3-1-4-15-14(13)5-9-19-15/h1,3-5,9,16,19,22H,2,6-8,10-12H2,(H,20,23)/t16-,18+/m0/s1. The minimum atomic E-state index is -0.622. The Hall–Kier alpha value is -1.85. The third-order valence-electron chi connectivity index (χ3n) is 5.48. The van der Waals surface area contributed by atoms with E-state index in [0.717, 1.165) is 38.0 Å². The highest BCUT2D eigenvalue weighted by molar-refractivity contribution is 5.85. The van der Waals surface area contributed by atoms with Gasteiger partial charge in [-0.1, -0.05) is 12.1 Å². The number of hydrogen-bond acceptors (Lipinski definition) is 3. The number of carbonyl (C=O) groups excluding carboxylic acids is 1. The van der Waals surface area contributed by atoms with Crippen molar-refractivity contribution in [3.63, 3.8) is 0 Å². The molecule has 1 spiro atoms. The van der Waals surface area contributed by atoms with Gasteiger partial charge in [-0.05, 0) is 37.0 Å². The van der Waals surface area contributed by atoms with Gasteiger partial charge >= 0.3 is 0 Å². The summed E-state index contributed by atoms with van der Waals surface area (Å²) < 4.78 is 0. The lowest BCUT2D eigenvalue weighted by Gasteiger charge is -2.47. The van der Waals surface area contributed by atoms with Gasteiger partial charge in [-0.15, -0.1) is 0 Å². The minimum absolute atomic E-state index is 0.0285. The summed E-state index contributed by atoms with van der Waals surface area (Å²) in [6, 6.07) is 8.40. The van der Waals surface area contributed by atoms with Crippen molar-refractivity contribution in [3.8, 4) is 0 Å². The number of carbonyl (C=O) groups is 1. The zero-order chi connectivity index (χ0) is 15.9. The number of piperidine rings is 2. The van der Waals surface area contributed by atoms with Crippen molar-refractivity contribution in [2.75, 3.05) is 19.6 Å². The van der Waals surface area contributed by atoms with Crippen LogP contribution in [0.25, 0.3) is 10.9 Å². The zero-order valence-electron chi connectivity index (χ0n) is 13.2. The summed E-state index contributed by atoms with van der Waals surface area (Å²) in [5.74, 6) is 0.0285. The van der Waals surface area contributed by atoms with Gasteiger partial charge in [-0.2, -0.15) is 0 Å². The van der Waals surface area contributed by atoms with Crippen LogP contribution in [0.15, 0.2) is 30.5 Å². The number of fused-ring (bicyclic) bond motifs is 1. The molecule has 4 rings (SSSR count). The molecule has 1 amide bonds. The van der Waals surface area contributed by atoms with E-state index >= 15 is 0 Å². The van der Waals surface area contributed by atoms with E-state index in [2.05, 4.69) is 39.5 Å². The van der Waals surface area contributed by atoms with Crippen LogP contribution < -0.4 is 5.32 Å². The highest BCUT2D eigenvalue weighted by Gasteiger charge is 2.49.